The highest BCUT2D eigenvalue weighted by Gasteiger charge is 2.25. The SMILES string of the molecule is CN(N=Cc1ccc(C(C)(C)C)cc1)c1oc(C(C)(C)C)nc1C#N. The van der Waals surface area contributed by atoms with Crippen molar-refractivity contribution in [3.63, 3.8) is 0 Å². The molecule has 0 bridgehead atoms. The first kappa shape index (κ1) is 18.7. The molecule has 0 aliphatic heterocycles. The van der Waals surface area contributed by atoms with Gasteiger partial charge in [-0.15, -0.1) is 0 Å². The van der Waals surface area contributed by atoms with Crippen LogP contribution in [0.25, 0.3) is 0 Å². The average Bonchev–Trinajstić information content (AvgIpc) is 2.96. The van der Waals surface area contributed by atoms with E-state index in [0.717, 1.165) is 5.56 Å². The molecule has 2 rings (SSSR count). The Balaban J connectivity index is 2.22. The minimum absolute atomic E-state index is 0.122. The van der Waals surface area contributed by atoms with Crippen LogP contribution in [0.3, 0.4) is 0 Å². The van der Waals surface area contributed by atoms with E-state index in [-0.39, 0.29) is 16.5 Å². The fraction of sp³-hybridized carbons (Fsp3) is 0.450. The van der Waals surface area contributed by atoms with E-state index < -0.39 is 0 Å². The number of hydrazone groups is 1. The Morgan fingerprint density at radius 3 is 2.16 bits per heavy atom. The van der Waals surface area contributed by atoms with Crippen LogP contribution in [0.15, 0.2) is 33.8 Å². The smallest absolute Gasteiger partial charge is 0.254 e. The van der Waals surface area contributed by atoms with Crippen molar-refractivity contribution in [1.82, 2.24) is 4.98 Å². The van der Waals surface area contributed by atoms with E-state index in [2.05, 4.69) is 49.1 Å². The number of benzene rings is 1. The van der Waals surface area contributed by atoms with E-state index in [9.17, 15) is 5.26 Å². The van der Waals surface area contributed by atoms with Crippen molar-refractivity contribution in [2.24, 2.45) is 5.10 Å². The minimum atomic E-state index is -0.267. The first-order chi connectivity index (χ1) is 11.5. The summed E-state index contributed by atoms with van der Waals surface area (Å²) in [7, 11) is 1.74. The summed E-state index contributed by atoms with van der Waals surface area (Å²) in [5, 5.41) is 15.2. The van der Waals surface area contributed by atoms with E-state index in [1.165, 1.54) is 5.56 Å². The number of rotatable bonds is 3. The number of aromatic nitrogens is 1. The maximum absolute atomic E-state index is 9.29. The van der Waals surface area contributed by atoms with Crippen LogP contribution in [0, 0.1) is 11.3 Å². The van der Waals surface area contributed by atoms with Crippen molar-refractivity contribution >= 4 is 12.1 Å². The zero-order valence-corrected chi connectivity index (χ0v) is 16.1. The third-order valence-corrected chi connectivity index (χ3v) is 3.81. The highest BCUT2D eigenvalue weighted by Crippen LogP contribution is 2.28. The fourth-order valence-electron chi connectivity index (χ4n) is 2.20. The van der Waals surface area contributed by atoms with Gasteiger partial charge >= 0.3 is 0 Å². The van der Waals surface area contributed by atoms with Crippen LogP contribution in [0.4, 0.5) is 5.88 Å². The highest BCUT2D eigenvalue weighted by molar-refractivity contribution is 5.80. The first-order valence-electron chi connectivity index (χ1n) is 8.32. The molecule has 0 unspecified atom stereocenters. The van der Waals surface area contributed by atoms with Gasteiger partial charge in [0, 0.05) is 12.5 Å². The predicted octanol–water partition coefficient (Wildman–Crippen LogP) is 4.61. The van der Waals surface area contributed by atoms with Crippen LogP contribution in [0.5, 0.6) is 0 Å². The quantitative estimate of drug-likeness (QED) is 0.605. The Hall–Kier alpha value is -2.61. The number of nitrogens with zero attached hydrogens (tertiary/aromatic N) is 4. The lowest BCUT2D eigenvalue weighted by atomic mass is 9.87. The van der Waals surface area contributed by atoms with E-state index in [1.54, 1.807) is 18.3 Å². The number of hydrogen-bond donors (Lipinski definition) is 0. The maximum Gasteiger partial charge on any atom is 0.254 e. The summed E-state index contributed by atoms with van der Waals surface area (Å²) in [5.41, 5.74) is 2.35. The van der Waals surface area contributed by atoms with Gasteiger partial charge in [-0.3, -0.25) is 0 Å². The molecule has 0 amide bonds. The fourth-order valence-corrected chi connectivity index (χ4v) is 2.20. The summed E-state index contributed by atoms with van der Waals surface area (Å²) < 4.78 is 5.76. The van der Waals surface area contributed by atoms with Gasteiger partial charge < -0.3 is 4.42 Å². The molecular formula is C20H26N4O. The summed E-state index contributed by atoms with van der Waals surface area (Å²) in [6.07, 6.45) is 1.74. The Morgan fingerprint density at radius 2 is 1.68 bits per heavy atom. The number of nitriles is 1. The molecule has 132 valence electrons. The highest BCUT2D eigenvalue weighted by atomic mass is 16.4. The predicted molar refractivity (Wildman–Crippen MR) is 101 cm³/mol. The van der Waals surface area contributed by atoms with Gasteiger partial charge in [0.05, 0.1) is 6.21 Å². The van der Waals surface area contributed by atoms with Crippen LogP contribution in [-0.4, -0.2) is 18.2 Å². The van der Waals surface area contributed by atoms with Gasteiger partial charge in [0.15, 0.2) is 0 Å². The first-order valence-corrected chi connectivity index (χ1v) is 8.32. The summed E-state index contributed by atoms with van der Waals surface area (Å²) in [6, 6.07) is 10.3. The monoisotopic (exact) mass is 338 g/mol. The normalized spacial score (nSPS) is 12.4. The van der Waals surface area contributed by atoms with Crippen LogP contribution in [0.2, 0.25) is 0 Å². The molecule has 0 saturated heterocycles. The lowest BCUT2D eigenvalue weighted by Gasteiger charge is -2.18. The van der Waals surface area contributed by atoms with Gasteiger partial charge in [0.25, 0.3) is 5.88 Å². The second-order valence-corrected chi connectivity index (χ2v) is 8.17. The van der Waals surface area contributed by atoms with Crippen molar-refractivity contribution in [2.75, 3.05) is 12.1 Å². The minimum Gasteiger partial charge on any atom is -0.421 e. The molecule has 5 nitrogen and oxygen atoms in total. The summed E-state index contributed by atoms with van der Waals surface area (Å²) in [5.74, 6) is 0.880. The molecule has 0 aliphatic carbocycles. The van der Waals surface area contributed by atoms with Gasteiger partial charge in [0.1, 0.15) is 6.07 Å². The van der Waals surface area contributed by atoms with E-state index in [4.69, 9.17) is 4.42 Å². The Labute approximate surface area is 150 Å². The third-order valence-electron chi connectivity index (χ3n) is 3.81. The molecule has 0 fully saturated rings. The zero-order valence-electron chi connectivity index (χ0n) is 16.1. The number of anilines is 1. The molecule has 0 spiro atoms. The number of oxazole rings is 1. The molecule has 5 heteroatoms. The standard InChI is InChI=1S/C20H26N4O/c1-19(2,3)15-10-8-14(9-11-15)13-22-24(7)17-16(12-21)23-18(25-17)20(4,5)6/h8-11,13H,1-7H3. The molecule has 1 aromatic carbocycles. The molecule has 1 heterocycles. The van der Waals surface area contributed by atoms with Crippen molar-refractivity contribution < 1.29 is 4.42 Å². The molecule has 0 radical (unpaired) electrons. The van der Waals surface area contributed by atoms with Crippen molar-refractivity contribution in [3.05, 3.63) is 47.0 Å². The summed E-state index contributed by atoms with van der Waals surface area (Å²) >= 11 is 0. The lowest BCUT2D eigenvalue weighted by Crippen LogP contribution is -2.12. The molecule has 1 aromatic heterocycles. The van der Waals surface area contributed by atoms with Crippen LogP contribution in [-0.2, 0) is 10.8 Å². The lowest BCUT2D eigenvalue weighted by molar-refractivity contribution is 0.394. The molecule has 2 aromatic rings. The van der Waals surface area contributed by atoms with Gasteiger partial charge in [0.2, 0.25) is 11.6 Å². The largest absolute Gasteiger partial charge is 0.421 e. The van der Waals surface area contributed by atoms with E-state index >= 15 is 0 Å². The van der Waals surface area contributed by atoms with Crippen LogP contribution < -0.4 is 5.01 Å². The van der Waals surface area contributed by atoms with Gasteiger partial charge in [-0.2, -0.15) is 15.3 Å². The average molecular weight is 338 g/mol. The Bertz CT molecular complexity index is 796. The topological polar surface area (TPSA) is 65.4 Å². The van der Waals surface area contributed by atoms with Crippen molar-refractivity contribution in [3.8, 4) is 6.07 Å². The molecule has 0 atom stereocenters. The van der Waals surface area contributed by atoms with E-state index in [0.29, 0.717) is 11.8 Å². The Kier molecular flexibility index (Phi) is 5.03. The van der Waals surface area contributed by atoms with Gasteiger partial charge in [-0.05, 0) is 16.5 Å². The van der Waals surface area contributed by atoms with Gasteiger partial charge in [-0.25, -0.2) is 5.01 Å². The van der Waals surface area contributed by atoms with Crippen LogP contribution in [0.1, 0.15) is 64.3 Å². The Morgan fingerprint density at radius 1 is 1.08 bits per heavy atom. The summed E-state index contributed by atoms with van der Waals surface area (Å²) in [6.45, 7) is 12.5. The van der Waals surface area contributed by atoms with Crippen molar-refractivity contribution in [1.29, 1.82) is 5.26 Å². The summed E-state index contributed by atoms with van der Waals surface area (Å²) in [4.78, 5) is 4.27. The molecule has 25 heavy (non-hydrogen) atoms. The maximum atomic E-state index is 9.29. The van der Waals surface area contributed by atoms with E-state index in [1.807, 2.05) is 32.9 Å². The molecular weight excluding hydrogens is 312 g/mol. The second-order valence-electron chi connectivity index (χ2n) is 8.17. The van der Waals surface area contributed by atoms with Crippen LogP contribution >= 0.6 is 0 Å². The van der Waals surface area contributed by atoms with Crippen molar-refractivity contribution in [2.45, 2.75) is 52.4 Å². The number of hydrogen-bond acceptors (Lipinski definition) is 5. The molecule has 0 aliphatic rings. The van der Waals surface area contributed by atoms with Gasteiger partial charge in [-0.1, -0.05) is 65.8 Å². The zero-order chi connectivity index (χ0) is 18.8. The third kappa shape index (κ3) is 4.48. The molecule has 0 saturated carbocycles. The molecule has 0 N–H and O–H groups in total. The second kappa shape index (κ2) is 6.72.